The summed E-state index contributed by atoms with van der Waals surface area (Å²) in [4.78, 5) is 26.1. The molecule has 0 fully saturated rings. The molecule has 0 aromatic heterocycles. The lowest BCUT2D eigenvalue weighted by molar-refractivity contribution is -0.114. The predicted molar refractivity (Wildman–Crippen MR) is 152 cm³/mol. The molecule has 0 heterocycles. The van der Waals surface area contributed by atoms with Crippen LogP contribution in [0.3, 0.4) is 0 Å². The quantitative estimate of drug-likeness (QED) is 0.279. The monoisotopic (exact) mass is 563 g/mol. The van der Waals surface area contributed by atoms with Gasteiger partial charge in [0.2, 0.25) is 5.91 Å². The number of halogens is 1. The number of carbonyl (C=O) groups is 2. The highest BCUT2D eigenvalue weighted by atomic mass is 35.5. The van der Waals surface area contributed by atoms with Crippen LogP contribution in [0.1, 0.15) is 15.9 Å². The molecule has 0 spiro atoms. The van der Waals surface area contributed by atoms with E-state index in [0.717, 1.165) is 9.87 Å². The average Bonchev–Trinajstić information content (AvgIpc) is 2.96. The summed E-state index contributed by atoms with van der Waals surface area (Å²) < 4.78 is 33.3. The maximum atomic E-state index is 13.6. The number of anilines is 2. The summed E-state index contributed by atoms with van der Waals surface area (Å²) in [6.45, 7) is -0.234. The Morgan fingerprint density at radius 3 is 2.15 bits per heavy atom. The number of benzene rings is 4. The fraction of sp³-hybridized carbons (Fsp3) is 0.103. The average molecular weight is 564 g/mol. The van der Waals surface area contributed by atoms with Gasteiger partial charge >= 0.3 is 0 Å². The molecule has 4 aromatic rings. The van der Waals surface area contributed by atoms with Crippen molar-refractivity contribution in [1.82, 2.24) is 5.32 Å². The number of sulfonamides is 1. The number of nitrogens with one attached hydrogen (secondary N) is 2. The van der Waals surface area contributed by atoms with Crippen LogP contribution < -0.4 is 19.7 Å². The highest BCUT2D eigenvalue weighted by molar-refractivity contribution is 7.92. The van der Waals surface area contributed by atoms with Gasteiger partial charge in [-0.2, -0.15) is 0 Å². The summed E-state index contributed by atoms with van der Waals surface area (Å²) in [5.41, 5.74) is 1.68. The van der Waals surface area contributed by atoms with Crippen molar-refractivity contribution in [3.8, 4) is 5.75 Å². The minimum atomic E-state index is -4.15. The highest BCUT2D eigenvalue weighted by Gasteiger charge is 2.28. The maximum Gasteiger partial charge on any atom is 0.264 e. The standard InChI is InChI=1S/C29H26ClN3O5S/c1-38-24-15-17-25(18-16-24)39(36,37)33(23-13-11-22(30)12-14-23)20-28(34)32-27-10-6-5-9-26(27)29(35)31-19-21-7-3-2-4-8-21/h2-18H,19-20H2,1H3,(H,31,35)(H,32,34). The molecular weight excluding hydrogens is 538 g/mol. The van der Waals surface area contributed by atoms with Gasteiger partial charge in [-0.1, -0.05) is 54.1 Å². The summed E-state index contributed by atoms with van der Waals surface area (Å²) in [6.07, 6.45) is 0. The largest absolute Gasteiger partial charge is 0.497 e. The first-order chi connectivity index (χ1) is 18.8. The minimum Gasteiger partial charge on any atom is -0.497 e. The van der Waals surface area contributed by atoms with Gasteiger partial charge in [0.1, 0.15) is 12.3 Å². The van der Waals surface area contributed by atoms with Crippen molar-refractivity contribution in [3.05, 3.63) is 119 Å². The van der Waals surface area contributed by atoms with Crippen LogP contribution in [0.4, 0.5) is 11.4 Å². The van der Waals surface area contributed by atoms with Crippen molar-refractivity contribution in [3.63, 3.8) is 0 Å². The van der Waals surface area contributed by atoms with Crippen LogP contribution in [0, 0.1) is 0 Å². The normalized spacial score (nSPS) is 10.9. The molecule has 39 heavy (non-hydrogen) atoms. The SMILES string of the molecule is COc1ccc(S(=O)(=O)N(CC(=O)Nc2ccccc2C(=O)NCc2ccccc2)c2ccc(Cl)cc2)cc1. The van der Waals surface area contributed by atoms with Gasteiger partial charge < -0.3 is 15.4 Å². The number of methoxy groups -OCH3 is 1. The van der Waals surface area contributed by atoms with E-state index < -0.39 is 22.5 Å². The molecule has 0 saturated carbocycles. The van der Waals surface area contributed by atoms with Gasteiger partial charge in [-0.3, -0.25) is 13.9 Å². The molecule has 10 heteroatoms. The lowest BCUT2D eigenvalue weighted by Gasteiger charge is -2.24. The fourth-order valence-electron chi connectivity index (χ4n) is 3.78. The van der Waals surface area contributed by atoms with E-state index in [2.05, 4.69) is 10.6 Å². The Hall–Kier alpha value is -4.34. The first-order valence-corrected chi connectivity index (χ1v) is 13.7. The molecule has 0 bridgehead atoms. The molecule has 4 rings (SSSR count). The number of para-hydroxylation sites is 1. The highest BCUT2D eigenvalue weighted by Crippen LogP contribution is 2.27. The van der Waals surface area contributed by atoms with Crippen LogP contribution in [0.2, 0.25) is 5.02 Å². The van der Waals surface area contributed by atoms with Gasteiger partial charge in [0, 0.05) is 11.6 Å². The van der Waals surface area contributed by atoms with Gasteiger partial charge in [0.25, 0.3) is 15.9 Å². The zero-order chi connectivity index (χ0) is 27.8. The summed E-state index contributed by atoms with van der Waals surface area (Å²) in [7, 11) is -2.67. The molecule has 200 valence electrons. The number of carbonyl (C=O) groups excluding carboxylic acids is 2. The van der Waals surface area contributed by atoms with E-state index in [1.54, 1.807) is 24.3 Å². The molecule has 0 aliphatic heterocycles. The number of rotatable bonds is 10. The van der Waals surface area contributed by atoms with Gasteiger partial charge in [0.15, 0.2) is 0 Å². The summed E-state index contributed by atoms with van der Waals surface area (Å²) in [6, 6.07) is 27.9. The van der Waals surface area contributed by atoms with Crippen LogP contribution in [-0.2, 0) is 21.4 Å². The number of hydrogen-bond donors (Lipinski definition) is 2. The predicted octanol–water partition coefficient (Wildman–Crippen LogP) is 5.11. The molecule has 0 radical (unpaired) electrons. The van der Waals surface area contributed by atoms with Crippen molar-refractivity contribution in [2.24, 2.45) is 0 Å². The van der Waals surface area contributed by atoms with Gasteiger partial charge in [-0.25, -0.2) is 8.42 Å². The lowest BCUT2D eigenvalue weighted by Crippen LogP contribution is -2.38. The molecular formula is C29H26ClN3O5S. The van der Waals surface area contributed by atoms with Crippen molar-refractivity contribution < 1.29 is 22.7 Å². The number of hydrogen-bond acceptors (Lipinski definition) is 5. The Balaban J connectivity index is 1.56. The lowest BCUT2D eigenvalue weighted by atomic mass is 10.1. The van der Waals surface area contributed by atoms with Crippen molar-refractivity contribution in [2.75, 3.05) is 23.3 Å². The Morgan fingerprint density at radius 1 is 0.846 bits per heavy atom. The molecule has 2 amide bonds. The second kappa shape index (κ2) is 12.5. The van der Waals surface area contributed by atoms with E-state index in [-0.39, 0.29) is 27.7 Å². The Kier molecular flexibility index (Phi) is 8.85. The van der Waals surface area contributed by atoms with Crippen molar-refractivity contribution in [1.29, 1.82) is 0 Å². The zero-order valence-corrected chi connectivity index (χ0v) is 22.6. The first kappa shape index (κ1) is 27.7. The van der Waals surface area contributed by atoms with Crippen LogP contribution >= 0.6 is 11.6 Å². The molecule has 0 saturated heterocycles. The van der Waals surface area contributed by atoms with E-state index in [1.165, 1.54) is 55.6 Å². The summed E-state index contributed by atoms with van der Waals surface area (Å²) in [5, 5.41) is 5.94. The molecule has 2 N–H and O–H groups in total. The van der Waals surface area contributed by atoms with Crippen molar-refractivity contribution in [2.45, 2.75) is 11.4 Å². The van der Waals surface area contributed by atoms with Gasteiger partial charge in [0.05, 0.1) is 28.9 Å². The van der Waals surface area contributed by atoms with Crippen LogP contribution in [0.25, 0.3) is 0 Å². The smallest absolute Gasteiger partial charge is 0.264 e. The Bertz CT molecular complexity index is 1540. The molecule has 4 aromatic carbocycles. The van der Waals surface area contributed by atoms with Gasteiger partial charge in [-0.05, 0) is 66.2 Å². The first-order valence-electron chi connectivity index (χ1n) is 11.9. The molecule has 8 nitrogen and oxygen atoms in total. The van der Waals surface area contributed by atoms with E-state index in [4.69, 9.17) is 16.3 Å². The Morgan fingerprint density at radius 2 is 1.49 bits per heavy atom. The van der Waals surface area contributed by atoms with Crippen LogP contribution in [-0.4, -0.2) is 33.9 Å². The second-order valence-electron chi connectivity index (χ2n) is 8.43. The van der Waals surface area contributed by atoms with E-state index in [1.807, 2.05) is 30.3 Å². The number of amides is 2. The van der Waals surface area contributed by atoms with Crippen LogP contribution in [0.15, 0.2) is 108 Å². The molecule has 0 aliphatic carbocycles. The number of ether oxygens (including phenoxy) is 1. The Labute approximate surface area is 232 Å². The topological polar surface area (TPSA) is 105 Å². The maximum absolute atomic E-state index is 13.6. The van der Waals surface area contributed by atoms with E-state index in [9.17, 15) is 18.0 Å². The molecule has 0 unspecified atom stereocenters. The summed E-state index contributed by atoms with van der Waals surface area (Å²) >= 11 is 6.01. The fourth-order valence-corrected chi connectivity index (χ4v) is 5.33. The van der Waals surface area contributed by atoms with E-state index >= 15 is 0 Å². The number of nitrogens with zero attached hydrogens (tertiary/aromatic N) is 1. The third kappa shape index (κ3) is 6.95. The molecule has 0 atom stereocenters. The summed E-state index contributed by atoms with van der Waals surface area (Å²) in [5.74, 6) is -0.521. The second-order valence-corrected chi connectivity index (χ2v) is 10.7. The third-order valence-electron chi connectivity index (χ3n) is 5.79. The molecule has 0 aliphatic rings. The van der Waals surface area contributed by atoms with Gasteiger partial charge in [-0.15, -0.1) is 0 Å². The van der Waals surface area contributed by atoms with Crippen molar-refractivity contribution >= 4 is 44.8 Å². The van der Waals surface area contributed by atoms with E-state index in [0.29, 0.717) is 17.3 Å². The zero-order valence-electron chi connectivity index (χ0n) is 21.0. The minimum absolute atomic E-state index is 0.0215. The third-order valence-corrected chi connectivity index (χ3v) is 7.83. The van der Waals surface area contributed by atoms with Crippen LogP contribution in [0.5, 0.6) is 5.75 Å².